The van der Waals surface area contributed by atoms with Crippen LogP contribution in [0.3, 0.4) is 0 Å². The Balaban J connectivity index is 2.10. The van der Waals surface area contributed by atoms with Crippen molar-refractivity contribution in [3.05, 3.63) is 56.6 Å². The van der Waals surface area contributed by atoms with Gasteiger partial charge >= 0.3 is 0 Å². The van der Waals surface area contributed by atoms with Crippen LogP contribution in [0.25, 0.3) is 0 Å². The van der Waals surface area contributed by atoms with E-state index in [-0.39, 0.29) is 0 Å². The third-order valence-corrected chi connectivity index (χ3v) is 3.52. The van der Waals surface area contributed by atoms with E-state index in [1.807, 2.05) is 36.4 Å². The highest BCUT2D eigenvalue weighted by Gasteiger charge is 2.02. The molecule has 17 heavy (non-hydrogen) atoms. The summed E-state index contributed by atoms with van der Waals surface area (Å²) < 4.78 is 1.06. The molecule has 2 aromatic rings. The molecule has 88 valence electrons. The van der Waals surface area contributed by atoms with Gasteiger partial charge in [-0.15, -0.1) is 0 Å². The molecule has 0 saturated heterocycles. The molecule has 0 bridgehead atoms. The van der Waals surface area contributed by atoms with Gasteiger partial charge in [0.2, 0.25) is 0 Å². The predicted octanol–water partition coefficient (Wildman–Crippen LogP) is 4.26. The maximum Gasteiger partial charge on any atom is 0.120 e. The molecule has 0 unspecified atom stereocenters. The van der Waals surface area contributed by atoms with E-state index < -0.39 is 0 Å². The standard InChI is InChI=1S/C13H11ClINO/c14-10-5-6-12(11(15)7-10)16-8-9-3-1-2-4-13(9)17/h1-7,16-17H,8H2. The number of halogens is 2. The number of phenolic OH excluding ortho intramolecular Hbond substituents is 1. The average molecular weight is 360 g/mol. The second-order valence-electron chi connectivity index (χ2n) is 3.61. The van der Waals surface area contributed by atoms with Gasteiger partial charge in [-0.1, -0.05) is 29.8 Å². The lowest BCUT2D eigenvalue weighted by atomic mass is 10.2. The summed E-state index contributed by atoms with van der Waals surface area (Å²) in [5.41, 5.74) is 1.89. The molecule has 0 heterocycles. The smallest absolute Gasteiger partial charge is 0.120 e. The van der Waals surface area contributed by atoms with Gasteiger partial charge in [-0.2, -0.15) is 0 Å². The number of hydrogen-bond acceptors (Lipinski definition) is 2. The zero-order valence-corrected chi connectivity index (χ0v) is 11.9. The molecule has 0 spiro atoms. The summed E-state index contributed by atoms with van der Waals surface area (Å²) in [5, 5.41) is 13.6. The molecular formula is C13H11ClINO. The van der Waals surface area contributed by atoms with Crippen LogP contribution in [0.5, 0.6) is 5.75 Å². The highest BCUT2D eigenvalue weighted by atomic mass is 127. The van der Waals surface area contributed by atoms with E-state index in [4.69, 9.17) is 11.6 Å². The monoisotopic (exact) mass is 359 g/mol. The zero-order valence-electron chi connectivity index (χ0n) is 8.95. The summed E-state index contributed by atoms with van der Waals surface area (Å²) in [6.45, 7) is 0.588. The number of phenols is 1. The first-order valence-corrected chi connectivity index (χ1v) is 6.58. The number of hydrogen-bond donors (Lipinski definition) is 2. The fraction of sp³-hybridized carbons (Fsp3) is 0.0769. The van der Waals surface area contributed by atoms with Crippen molar-refractivity contribution in [1.82, 2.24) is 0 Å². The largest absolute Gasteiger partial charge is 0.508 e. The highest BCUT2D eigenvalue weighted by Crippen LogP contribution is 2.24. The fourth-order valence-corrected chi connectivity index (χ4v) is 2.55. The quantitative estimate of drug-likeness (QED) is 0.803. The molecule has 0 saturated carbocycles. The molecule has 2 nitrogen and oxygen atoms in total. The number of nitrogens with one attached hydrogen (secondary N) is 1. The Kier molecular flexibility index (Phi) is 4.12. The Hall–Kier alpha value is -0.940. The molecule has 2 aromatic carbocycles. The van der Waals surface area contributed by atoms with Crippen LogP contribution < -0.4 is 5.32 Å². The van der Waals surface area contributed by atoms with Gasteiger partial charge in [-0.25, -0.2) is 0 Å². The first-order chi connectivity index (χ1) is 8.16. The molecule has 2 rings (SSSR count). The Bertz CT molecular complexity index is 531. The lowest BCUT2D eigenvalue weighted by molar-refractivity contribution is 0.469. The minimum absolute atomic E-state index is 0.309. The summed E-state index contributed by atoms with van der Waals surface area (Å²) >= 11 is 8.11. The SMILES string of the molecule is Oc1ccccc1CNc1ccc(Cl)cc1I. The van der Waals surface area contributed by atoms with Gasteiger partial charge in [0, 0.05) is 26.4 Å². The van der Waals surface area contributed by atoms with Crippen molar-refractivity contribution >= 4 is 39.9 Å². The van der Waals surface area contributed by atoms with Crippen LogP contribution in [-0.2, 0) is 6.54 Å². The van der Waals surface area contributed by atoms with E-state index in [2.05, 4.69) is 27.9 Å². The molecule has 0 atom stereocenters. The number of anilines is 1. The van der Waals surface area contributed by atoms with Crippen LogP contribution in [0, 0.1) is 3.57 Å². The Morgan fingerprint density at radius 2 is 1.94 bits per heavy atom. The molecule has 0 radical (unpaired) electrons. The van der Waals surface area contributed by atoms with Crippen LogP contribution in [0.1, 0.15) is 5.56 Å². The molecule has 4 heteroatoms. The fourth-order valence-electron chi connectivity index (χ4n) is 1.48. The van der Waals surface area contributed by atoms with Crippen molar-refractivity contribution in [1.29, 1.82) is 0 Å². The molecular weight excluding hydrogens is 349 g/mol. The second-order valence-corrected chi connectivity index (χ2v) is 5.21. The molecule has 0 fully saturated rings. The van der Waals surface area contributed by atoms with E-state index in [9.17, 15) is 5.11 Å². The van der Waals surface area contributed by atoms with Crippen molar-refractivity contribution in [2.75, 3.05) is 5.32 Å². The van der Waals surface area contributed by atoms with Gasteiger partial charge in [0.1, 0.15) is 5.75 Å². The minimum Gasteiger partial charge on any atom is -0.508 e. The molecule has 0 amide bonds. The number of benzene rings is 2. The van der Waals surface area contributed by atoms with Gasteiger partial charge < -0.3 is 10.4 Å². The third-order valence-electron chi connectivity index (χ3n) is 2.39. The van der Waals surface area contributed by atoms with E-state index in [0.29, 0.717) is 12.3 Å². The summed E-state index contributed by atoms with van der Waals surface area (Å²) in [4.78, 5) is 0. The van der Waals surface area contributed by atoms with Crippen LogP contribution in [0.4, 0.5) is 5.69 Å². The molecule has 0 aromatic heterocycles. The van der Waals surface area contributed by atoms with Gasteiger partial charge in [-0.3, -0.25) is 0 Å². The van der Waals surface area contributed by atoms with E-state index in [0.717, 1.165) is 19.8 Å². The summed E-state index contributed by atoms with van der Waals surface area (Å²) in [6.07, 6.45) is 0. The average Bonchev–Trinajstić information content (AvgIpc) is 2.30. The predicted molar refractivity (Wildman–Crippen MR) is 79.6 cm³/mol. The minimum atomic E-state index is 0.309. The van der Waals surface area contributed by atoms with Crippen molar-refractivity contribution < 1.29 is 5.11 Å². The number of rotatable bonds is 3. The highest BCUT2D eigenvalue weighted by molar-refractivity contribution is 14.1. The maximum atomic E-state index is 9.64. The molecule has 0 aliphatic rings. The van der Waals surface area contributed by atoms with Gasteiger partial charge in [0.25, 0.3) is 0 Å². The van der Waals surface area contributed by atoms with E-state index >= 15 is 0 Å². The van der Waals surface area contributed by atoms with E-state index in [1.165, 1.54) is 0 Å². The zero-order chi connectivity index (χ0) is 12.3. The lowest BCUT2D eigenvalue weighted by Gasteiger charge is -2.10. The molecule has 2 N–H and O–H groups in total. The van der Waals surface area contributed by atoms with Crippen molar-refractivity contribution in [2.24, 2.45) is 0 Å². The number of aromatic hydroxyl groups is 1. The normalized spacial score (nSPS) is 10.2. The Morgan fingerprint density at radius 3 is 2.65 bits per heavy atom. The summed E-state index contributed by atoms with van der Waals surface area (Å²) in [7, 11) is 0. The van der Waals surface area contributed by atoms with Crippen molar-refractivity contribution in [2.45, 2.75) is 6.54 Å². The van der Waals surface area contributed by atoms with E-state index in [1.54, 1.807) is 6.07 Å². The maximum absolute atomic E-state index is 9.64. The van der Waals surface area contributed by atoms with Gasteiger partial charge in [0.15, 0.2) is 0 Å². The Morgan fingerprint density at radius 1 is 1.18 bits per heavy atom. The second kappa shape index (κ2) is 5.60. The summed E-state index contributed by atoms with van der Waals surface area (Å²) in [5.74, 6) is 0.309. The third kappa shape index (κ3) is 3.26. The lowest BCUT2D eigenvalue weighted by Crippen LogP contribution is -2.01. The van der Waals surface area contributed by atoms with Crippen molar-refractivity contribution in [3.63, 3.8) is 0 Å². The van der Waals surface area contributed by atoms with Gasteiger partial charge in [0.05, 0.1) is 0 Å². The molecule has 0 aliphatic heterocycles. The van der Waals surface area contributed by atoms with Crippen molar-refractivity contribution in [3.8, 4) is 5.75 Å². The first kappa shape index (κ1) is 12.5. The van der Waals surface area contributed by atoms with Crippen LogP contribution in [-0.4, -0.2) is 5.11 Å². The van der Waals surface area contributed by atoms with Crippen LogP contribution in [0.15, 0.2) is 42.5 Å². The summed E-state index contributed by atoms with van der Waals surface area (Å²) in [6, 6.07) is 13.0. The topological polar surface area (TPSA) is 32.3 Å². The van der Waals surface area contributed by atoms with Gasteiger partial charge in [-0.05, 0) is 46.9 Å². The first-order valence-electron chi connectivity index (χ1n) is 5.12. The molecule has 0 aliphatic carbocycles. The van der Waals surface area contributed by atoms with Crippen LogP contribution in [0.2, 0.25) is 5.02 Å². The van der Waals surface area contributed by atoms with Crippen LogP contribution >= 0.6 is 34.2 Å². The number of para-hydroxylation sites is 1. The Labute approximate surface area is 119 Å².